The number of carbonyl (C=O) groups is 2. The van der Waals surface area contributed by atoms with Crippen LogP contribution in [0, 0.1) is 5.82 Å². The van der Waals surface area contributed by atoms with Crippen molar-refractivity contribution < 1.29 is 31.9 Å². The van der Waals surface area contributed by atoms with Crippen LogP contribution in [0.15, 0.2) is 60.9 Å². The topological polar surface area (TPSA) is 61.2 Å². The average molecular weight is 517 g/mol. The van der Waals surface area contributed by atoms with Crippen LogP contribution in [-0.4, -0.2) is 34.7 Å². The Morgan fingerprint density at radius 3 is 2.47 bits per heavy atom. The molecule has 4 aromatic rings. The average Bonchev–Trinajstić information content (AvgIpc) is 3.59. The number of methoxy groups -OCH3 is 1. The third kappa shape index (κ3) is 3.65. The van der Waals surface area contributed by atoms with E-state index in [0.717, 1.165) is 10.6 Å². The summed E-state index contributed by atoms with van der Waals surface area (Å²) in [5, 5.41) is -0.117. The van der Waals surface area contributed by atoms with E-state index < -0.39 is 29.3 Å². The van der Waals surface area contributed by atoms with Gasteiger partial charge in [0.15, 0.2) is 0 Å². The van der Waals surface area contributed by atoms with Crippen LogP contribution in [0.1, 0.15) is 39.1 Å². The summed E-state index contributed by atoms with van der Waals surface area (Å²) in [6, 6.07) is 10.8. The molecule has 0 bridgehead atoms. The second-order valence-corrected chi connectivity index (χ2v) is 8.92. The molecule has 36 heavy (non-hydrogen) atoms. The first-order valence-corrected chi connectivity index (χ1v) is 11.2. The van der Waals surface area contributed by atoms with Crippen LogP contribution in [0.2, 0.25) is 5.02 Å². The maximum Gasteiger partial charge on any atom is 0.398 e. The molecule has 0 aliphatic heterocycles. The zero-order valence-electron chi connectivity index (χ0n) is 18.7. The normalized spacial score (nSPS) is 14.6. The van der Waals surface area contributed by atoms with Gasteiger partial charge in [0.2, 0.25) is 0 Å². The zero-order chi connectivity index (χ0) is 25.8. The molecule has 2 heterocycles. The van der Waals surface area contributed by atoms with Crippen LogP contribution in [0.3, 0.4) is 0 Å². The molecule has 0 radical (unpaired) electrons. The van der Waals surface area contributed by atoms with Crippen molar-refractivity contribution in [1.29, 1.82) is 0 Å². The Bertz CT molecular complexity index is 1540. The molecule has 1 aliphatic rings. The second kappa shape index (κ2) is 8.44. The van der Waals surface area contributed by atoms with E-state index in [1.807, 2.05) is 0 Å². The van der Waals surface area contributed by atoms with Crippen LogP contribution < -0.4 is 0 Å². The summed E-state index contributed by atoms with van der Waals surface area (Å²) in [6.07, 6.45) is -2.08. The molecule has 1 fully saturated rings. The Morgan fingerprint density at radius 1 is 1.08 bits per heavy atom. The fourth-order valence-corrected chi connectivity index (χ4v) is 4.75. The first-order chi connectivity index (χ1) is 17.1. The Labute approximate surface area is 207 Å². The second-order valence-electron chi connectivity index (χ2n) is 8.52. The van der Waals surface area contributed by atoms with E-state index in [-0.39, 0.29) is 56.7 Å². The molecule has 5 nitrogen and oxygen atoms in total. The first kappa shape index (κ1) is 24.0. The van der Waals surface area contributed by atoms with E-state index in [1.54, 1.807) is 12.1 Å². The van der Waals surface area contributed by atoms with Crippen molar-refractivity contribution in [2.75, 3.05) is 7.11 Å². The molecule has 2 aromatic heterocycles. The van der Waals surface area contributed by atoms with Crippen LogP contribution >= 0.6 is 11.6 Å². The van der Waals surface area contributed by atoms with E-state index in [2.05, 4.69) is 9.72 Å². The Hall–Kier alpha value is -3.72. The lowest BCUT2D eigenvalue weighted by molar-refractivity contribution is -0.160. The Kier molecular flexibility index (Phi) is 5.63. The third-order valence-electron chi connectivity index (χ3n) is 6.49. The van der Waals surface area contributed by atoms with Gasteiger partial charge in [-0.05, 0) is 48.7 Å². The molecule has 0 saturated heterocycles. The Morgan fingerprint density at radius 2 is 1.83 bits per heavy atom. The highest BCUT2D eigenvalue weighted by molar-refractivity contribution is 6.34. The van der Waals surface area contributed by atoms with Crippen molar-refractivity contribution in [3.63, 3.8) is 0 Å². The van der Waals surface area contributed by atoms with Crippen molar-refractivity contribution in [1.82, 2.24) is 9.55 Å². The molecular formula is C26H17ClF4N2O3. The van der Waals surface area contributed by atoms with E-state index in [0.29, 0.717) is 0 Å². The number of pyridine rings is 1. The number of hydrogen-bond donors (Lipinski definition) is 0. The van der Waals surface area contributed by atoms with Gasteiger partial charge in [-0.1, -0.05) is 29.8 Å². The molecule has 1 aliphatic carbocycles. The number of esters is 1. The number of benzene rings is 2. The predicted octanol–water partition coefficient (Wildman–Crippen LogP) is 6.56. The van der Waals surface area contributed by atoms with Gasteiger partial charge >= 0.3 is 12.1 Å². The van der Waals surface area contributed by atoms with Crippen molar-refractivity contribution in [3.05, 3.63) is 88.5 Å². The van der Waals surface area contributed by atoms with Crippen molar-refractivity contribution >= 4 is 34.5 Å². The molecule has 0 unspecified atom stereocenters. The fraction of sp³-hybridized carbons (Fsp3) is 0.192. The van der Waals surface area contributed by atoms with Crippen molar-refractivity contribution in [2.45, 2.75) is 24.4 Å². The monoisotopic (exact) mass is 516 g/mol. The molecule has 2 aromatic carbocycles. The fourth-order valence-electron chi connectivity index (χ4n) is 4.49. The maximum atomic E-state index is 15.0. The van der Waals surface area contributed by atoms with Gasteiger partial charge in [-0.25, -0.2) is 9.18 Å². The third-order valence-corrected chi connectivity index (χ3v) is 6.81. The molecular weight excluding hydrogens is 500 g/mol. The van der Waals surface area contributed by atoms with Gasteiger partial charge in [0.25, 0.3) is 5.91 Å². The van der Waals surface area contributed by atoms with Crippen LogP contribution in [-0.2, 0) is 10.2 Å². The predicted molar refractivity (Wildman–Crippen MR) is 125 cm³/mol. The summed E-state index contributed by atoms with van der Waals surface area (Å²) in [5.74, 6) is -2.27. The highest BCUT2D eigenvalue weighted by Crippen LogP contribution is 2.60. The standard InChI is InChI=1S/C26H17ClF4N2O3/c1-36-24(35)14-7-8-15(19(28)12-14)16-13-33(20-6-3-11-32-22(16)20)23(34)21-17(4-2-5-18(21)27)25(9-10-25)26(29,30)31/h2-8,11-13H,9-10H2,1H3. The lowest BCUT2D eigenvalue weighted by Crippen LogP contribution is -2.31. The highest BCUT2D eigenvalue weighted by atomic mass is 35.5. The van der Waals surface area contributed by atoms with Gasteiger partial charge in [-0.3, -0.25) is 14.3 Å². The molecule has 10 heteroatoms. The van der Waals surface area contributed by atoms with E-state index in [1.165, 1.54) is 49.8 Å². The number of alkyl halides is 3. The number of ether oxygens (including phenoxy) is 1. The number of hydrogen-bond acceptors (Lipinski definition) is 4. The van der Waals surface area contributed by atoms with E-state index in [4.69, 9.17) is 11.6 Å². The van der Waals surface area contributed by atoms with Crippen LogP contribution in [0.5, 0.6) is 0 Å². The lowest BCUT2D eigenvalue weighted by Gasteiger charge is -2.23. The van der Waals surface area contributed by atoms with Gasteiger partial charge in [0.05, 0.1) is 39.7 Å². The number of carbonyl (C=O) groups excluding carboxylic acids is 2. The van der Waals surface area contributed by atoms with Gasteiger partial charge in [-0.2, -0.15) is 13.2 Å². The number of fused-ring (bicyclic) bond motifs is 1. The minimum absolute atomic E-state index is 0.00545. The summed E-state index contributed by atoms with van der Waals surface area (Å²) in [7, 11) is 1.17. The van der Waals surface area contributed by atoms with Crippen LogP contribution in [0.4, 0.5) is 17.6 Å². The number of nitrogens with zero attached hydrogens (tertiary/aromatic N) is 2. The summed E-state index contributed by atoms with van der Waals surface area (Å²) in [6.45, 7) is 0. The van der Waals surface area contributed by atoms with Gasteiger partial charge in [-0.15, -0.1) is 0 Å². The summed E-state index contributed by atoms with van der Waals surface area (Å²) in [4.78, 5) is 29.8. The van der Waals surface area contributed by atoms with Crippen LogP contribution in [0.25, 0.3) is 22.2 Å². The summed E-state index contributed by atoms with van der Waals surface area (Å²) < 4.78 is 62.6. The van der Waals surface area contributed by atoms with E-state index in [9.17, 15) is 22.8 Å². The lowest BCUT2D eigenvalue weighted by atomic mass is 9.90. The van der Waals surface area contributed by atoms with Gasteiger partial charge in [0, 0.05) is 23.5 Å². The van der Waals surface area contributed by atoms with Crippen molar-refractivity contribution in [3.8, 4) is 11.1 Å². The SMILES string of the molecule is COC(=O)c1ccc(-c2cn(C(=O)c3c(Cl)cccc3C3(C(F)(F)F)CC3)c3cccnc23)c(F)c1. The van der Waals surface area contributed by atoms with Gasteiger partial charge < -0.3 is 4.74 Å². The number of rotatable bonds is 4. The number of halogens is 5. The van der Waals surface area contributed by atoms with Crippen molar-refractivity contribution in [2.24, 2.45) is 0 Å². The minimum Gasteiger partial charge on any atom is -0.465 e. The largest absolute Gasteiger partial charge is 0.465 e. The smallest absolute Gasteiger partial charge is 0.398 e. The molecule has 0 N–H and O–H groups in total. The maximum absolute atomic E-state index is 15.0. The molecule has 184 valence electrons. The summed E-state index contributed by atoms with van der Waals surface area (Å²) >= 11 is 6.30. The molecule has 0 atom stereocenters. The number of aromatic nitrogens is 2. The summed E-state index contributed by atoms with van der Waals surface area (Å²) in [5.41, 5.74) is -1.81. The molecule has 0 spiro atoms. The quantitative estimate of drug-likeness (QED) is 0.227. The Balaban J connectivity index is 1.68. The molecule has 0 amide bonds. The zero-order valence-corrected chi connectivity index (χ0v) is 19.5. The minimum atomic E-state index is -4.55. The first-order valence-electron chi connectivity index (χ1n) is 10.8. The molecule has 5 rings (SSSR count). The van der Waals surface area contributed by atoms with E-state index >= 15 is 4.39 Å². The van der Waals surface area contributed by atoms with Gasteiger partial charge in [0.1, 0.15) is 5.82 Å². The highest BCUT2D eigenvalue weighted by Gasteiger charge is 2.65. The molecule has 1 saturated carbocycles.